The van der Waals surface area contributed by atoms with Crippen LogP contribution in [0.5, 0.6) is 5.75 Å². The second kappa shape index (κ2) is 7.37. The number of carbonyl (C=O) groups excluding carboxylic acids is 2. The number of carbonyl (C=O) groups is 2. The molecule has 1 aliphatic rings. The Kier molecular flexibility index (Phi) is 4.61. The summed E-state index contributed by atoms with van der Waals surface area (Å²) in [6.45, 7) is 0.361. The monoisotopic (exact) mass is 362 g/mol. The van der Waals surface area contributed by atoms with E-state index in [0.717, 1.165) is 11.3 Å². The topological polar surface area (TPSA) is 80.6 Å². The number of nitrogens with one attached hydrogen (secondary N) is 2. The highest BCUT2D eigenvalue weighted by molar-refractivity contribution is 6.02. The maximum atomic E-state index is 12.5. The molecule has 1 aliphatic heterocycles. The highest BCUT2D eigenvalue weighted by atomic mass is 16.5. The van der Waals surface area contributed by atoms with Gasteiger partial charge in [0.15, 0.2) is 5.76 Å². The molecule has 0 bridgehead atoms. The molecular formula is C21H18N2O4. The molecule has 4 rings (SSSR count). The lowest BCUT2D eigenvalue weighted by atomic mass is 9.96. The van der Waals surface area contributed by atoms with E-state index in [2.05, 4.69) is 10.6 Å². The molecule has 6 nitrogen and oxygen atoms in total. The standard InChI is InChI=1S/C21H18N2O4/c24-20(15-12-14-4-1-2-5-18(14)27-13-15)22-16-7-9-17(10-8-16)23-21(25)19-6-3-11-26-19/h1-11,15H,12-13H2,(H,22,24)(H,23,25). The Morgan fingerprint density at radius 2 is 1.63 bits per heavy atom. The van der Waals surface area contributed by atoms with Gasteiger partial charge in [0.25, 0.3) is 5.91 Å². The third-order valence-electron chi connectivity index (χ3n) is 4.41. The number of fused-ring (bicyclic) bond motifs is 1. The molecule has 2 aromatic carbocycles. The summed E-state index contributed by atoms with van der Waals surface area (Å²) >= 11 is 0. The number of ether oxygens (including phenoxy) is 1. The third kappa shape index (κ3) is 3.84. The van der Waals surface area contributed by atoms with E-state index in [1.807, 2.05) is 24.3 Å². The highest BCUT2D eigenvalue weighted by Gasteiger charge is 2.25. The minimum Gasteiger partial charge on any atom is -0.492 e. The normalized spacial score (nSPS) is 15.3. The maximum absolute atomic E-state index is 12.5. The van der Waals surface area contributed by atoms with Gasteiger partial charge in [-0.05, 0) is 54.4 Å². The minimum absolute atomic E-state index is 0.0862. The first-order chi connectivity index (χ1) is 13.2. The zero-order valence-corrected chi connectivity index (χ0v) is 14.5. The summed E-state index contributed by atoms with van der Waals surface area (Å²) in [5, 5.41) is 5.63. The molecule has 6 heteroatoms. The zero-order chi connectivity index (χ0) is 18.6. The van der Waals surface area contributed by atoms with E-state index in [1.165, 1.54) is 6.26 Å². The van der Waals surface area contributed by atoms with Gasteiger partial charge in [0.2, 0.25) is 5.91 Å². The fourth-order valence-corrected chi connectivity index (χ4v) is 2.98. The number of anilines is 2. The molecule has 27 heavy (non-hydrogen) atoms. The van der Waals surface area contributed by atoms with Gasteiger partial charge < -0.3 is 19.8 Å². The Morgan fingerprint density at radius 1 is 0.889 bits per heavy atom. The average Bonchev–Trinajstić information content (AvgIpc) is 3.24. The predicted octanol–water partition coefficient (Wildman–Crippen LogP) is 3.72. The lowest BCUT2D eigenvalue weighted by molar-refractivity contribution is -0.121. The largest absolute Gasteiger partial charge is 0.492 e. The van der Waals surface area contributed by atoms with Gasteiger partial charge in [0.05, 0.1) is 12.2 Å². The zero-order valence-electron chi connectivity index (χ0n) is 14.5. The molecule has 2 amide bonds. The molecule has 1 atom stereocenters. The molecule has 0 fully saturated rings. The van der Waals surface area contributed by atoms with Gasteiger partial charge in [0.1, 0.15) is 12.4 Å². The van der Waals surface area contributed by atoms with Crippen molar-refractivity contribution in [3.05, 3.63) is 78.3 Å². The van der Waals surface area contributed by atoms with Crippen molar-refractivity contribution >= 4 is 23.2 Å². The van der Waals surface area contributed by atoms with Crippen molar-refractivity contribution in [2.75, 3.05) is 17.2 Å². The second-order valence-corrected chi connectivity index (χ2v) is 6.32. The van der Waals surface area contributed by atoms with Crippen LogP contribution in [0.15, 0.2) is 71.3 Å². The average molecular weight is 362 g/mol. The van der Waals surface area contributed by atoms with Crippen molar-refractivity contribution in [3.8, 4) is 5.75 Å². The van der Waals surface area contributed by atoms with Crippen molar-refractivity contribution in [1.29, 1.82) is 0 Å². The molecule has 2 heterocycles. The smallest absolute Gasteiger partial charge is 0.291 e. The molecule has 1 unspecified atom stereocenters. The van der Waals surface area contributed by atoms with Crippen LogP contribution >= 0.6 is 0 Å². The first-order valence-electron chi connectivity index (χ1n) is 8.65. The molecule has 0 aliphatic carbocycles. The molecule has 2 N–H and O–H groups in total. The first-order valence-corrected chi connectivity index (χ1v) is 8.65. The third-order valence-corrected chi connectivity index (χ3v) is 4.41. The van der Waals surface area contributed by atoms with E-state index in [9.17, 15) is 9.59 Å². The van der Waals surface area contributed by atoms with E-state index < -0.39 is 0 Å². The summed E-state index contributed by atoms with van der Waals surface area (Å²) in [5.41, 5.74) is 2.32. The van der Waals surface area contributed by atoms with Gasteiger partial charge in [-0.1, -0.05) is 18.2 Å². The SMILES string of the molecule is O=C(Nc1ccc(NC(=O)C2COc3ccccc3C2)cc1)c1ccco1. The van der Waals surface area contributed by atoms with Gasteiger partial charge in [-0.3, -0.25) is 9.59 Å². The second-order valence-electron chi connectivity index (χ2n) is 6.32. The molecule has 136 valence electrons. The van der Waals surface area contributed by atoms with E-state index in [4.69, 9.17) is 9.15 Å². The Hall–Kier alpha value is -3.54. The van der Waals surface area contributed by atoms with E-state index in [-0.39, 0.29) is 23.5 Å². The van der Waals surface area contributed by atoms with Crippen LogP contribution in [0.1, 0.15) is 16.1 Å². The van der Waals surface area contributed by atoms with Crippen molar-refractivity contribution in [3.63, 3.8) is 0 Å². The first kappa shape index (κ1) is 16.9. The molecule has 0 radical (unpaired) electrons. The van der Waals surface area contributed by atoms with Gasteiger partial charge in [-0.15, -0.1) is 0 Å². The van der Waals surface area contributed by atoms with Gasteiger partial charge >= 0.3 is 0 Å². The number of benzene rings is 2. The molecule has 0 saturated heterocycles. The molecule has 0 saturated carbocycles. The Morgan fingerprint density at radius 3 is 2.37 bits per heavy atom. The number of rotatable bonds is 4. The number of amides is 2. The van der Waals surface area contributed by atoms with Gasteiger partial charge in [0, 0.05) is 11.4 Å². The summed E-state index contributed by atoms with van der Waals surface area (Å²) in [7, 11) is 0. The number of hydrogen-bond acceptors (Lipinski definition) is 4. The van der Waals surface area contributed by atoms with Gasteiger partial charge in [-0.25, -0.2) is 0 Å². The van der Waals surface area contributed by atoms with E-state index >= 15 is 0 Å². The summed E-state index contributed by atoms with van der Waals surface area (Å²) in [4.78, 5) is 24.5. The van der Waals surface area contributed by atoms with Gasteiger partial charge in [-0.2, -0.15) is 0 Å². The Bertz CT molecular complexity index is 949. The van der Waals surface area contributed by atoms with Crippen LogP contribution in [0, 0.1) is 5.92 Å². The summed E-state index contributed by atoms with van der Waals surface area (Å²) < 4.78 is 10.7. The fourth-order valence-electron chi connectivity index (χ4n) is 2.98. The quantitative estimate of drug-likeness (QED) is 0.741. The van der Waals surface area contributed by atoms with Crippen LogP contribution in [0.2, 0.25) is 0 Å². The summed E-state index contributed by atoms with van der Waals surface area (Å²) in [5.74, 6) is 0.438. The highest BCUT2D eigenvalue weighted by Crippen LogP contribution is 2.27. The maximum Gasteiger partial charge on any atom is 0.291 e. The fraction of sp³-hybridized carbons (Fsp3) is 0.143. The number of hydrogen-bond donors (Lipinski definition) is 2. The van der Waals surface area contributed by atoms with Crippen LogP contribution in [0.3, 0.4) is 0 Å². The van der Waals surface area contributed by atoms with Crippen molar-refractivity contribution in [2.24, 2.45) is 5.92 Å². The number of furan rings is 1. The van der Waals surface area contributed by atoms with E-state index in [1.54, 1.807) is 36.4 Å². The van der Waals surface area contributed by atoms with Crippen LogP contribution in [0.25, 0.3) is 0 Å². The lowest BCUT2D eigenvalue weighted by Gasteiger charge is -2.24. The summed E-state index contributed by atoms with van der Waals surface area (Å²) in [6, 6.07) is 17.9. The van der Waals surface area contributed by atoms with Crippen LogP contribution in [0.4, 0.5) is 11.4 Å². The minimum atomic E-state index is -0.324. The Balaban J connectivity index is 1.36. The predicted molar refractivity (Wildman–Crippen MR) is 101 cm³/mol. The van der Waals surface area contributed by atoms with Crippen molar-refractivity contribution < 1.29 is 18.7 Å². The molecule has 1 aromatic heterocycles. The summed E-state index contributed by atoms with van der Waals surface area (Å²) in [6.07, 6.45) is 2.10. The number of para-hydroxylation sites is 1. The molecule has 0 spiro atoms. The van der Waals surface area contributed by atoms with Crippen LogP contribution in [-0.4, -0.2) is 18.4 Å². The molecular weight excluding hydrogens is 344 g/mol. The van der Waals surface area contributed by atoms with E-state index in [0.29, 0.717) is 24.4 Å². The van der Waals surface area contributed by atoms with Crippen molar-refractivity contribution in [1.82, 2.24) is 0 Å². The molecule has 3 aromatic rings. The van der Waals surface area contributed by atoms with Crippen LogP contribution in [-0.2, 0) is 11.2 Å². The Labute approximate surface area is 156 Å². The van der Waals surface area contributed by atoms with Crippen LogP contribution < -0.4 is 15.4 Å². The van der Waals surface area contributed by atoms with Crippen molar-refractivity contribution in [2.45, 2.75) is 6.42 Å². The lowest BCUT2D eigenvalue weighted by Crippen LogP contribution is -2.32.